The number of nitrogens with zero attached hydrogens (tertiary/aromatic N) is 1. The number of carbonyl (C=O) groups excluding carboxylic acids is 1. The minimum atomic E-state index is -0.421. The van der Waals surface area contributed by atoms with Gasteiger partial charge in [-0.3, -0.25) is 9.69 Å². The first-order valence-electron chi connectivity index (χ1n) is 5.58. The predicted molar refractivity (Wildman–Crippen MR) is 69.1 cm³/mol. The molecule has 0 fully saturated rings. The monoisotopic (exact) mass is 247 g/mol. The van der Waals surface area contributed by atoms with Gasteiger partial charge in [0.25, 0.3) is 0 Å². The smallest absolute Gasteiger partial charge is 0.323 e. The summed E-state index contributed by atoms with van der Waals surface area (Å²) in [6.45, 7) is 0.373. The molecule has 0 heterocycles. The fourth-order valence-electron chi connectivity index (χ4n) is 1.66. The van der Waals surface area contributed by atoms with Gasteiger partial charge in [0.1, 0.15) is 11.8 Å². The van der Waals surface area contributed by atoms with Crippen molar-refractivity contribution in [3.05, 3.63) is 29.8 Å². The molecule has 0 spiro atoms. The van der Waals surface area contributed by atoms with E-state index in [1.165, 1.54) is 7.11 Å². The lowest BCUT2D eigenvalue weighted by atomic mass is 10.0. The zero-order valence-electron chi connectivity index (χ0n) is 10.6. The number of carbonyl (C=O) groups is 1. The van der Waals surface area contributed by atoms with Crippen molar-refractivity contribution >= 4 is 5.97 Å². The van der Waals surface area contributed by atoms with Crippen molar-refractivity contribution < 1.29 is 14.6 Å². The average molecular weight is 247 g/mol. The fourth-order valence-corrected chi connectivity index (χ4v) is 1.66. The van der Waals surface area contributed by atoms with Crippen molar-refractivity contribution in [1.82, 2.24) is 4.90 Å². The molecule has 0 saturated heterocycles. The fraction of sp³-hybridized carbons (Fsp3) is 0.357. The zero-order chi connectivity index (χ0) is 13.5. The van der Waals surface area contributed by atoms with Gasteiger partial charge in [-0.2, -0.15) is 0 Å². The molecule has 0 bridgehead atoms. The van der Waals surface area contributed by atoms with Crippen LogP contribution in [-0.2, 0) is 16.0 Å². The molecule has 0 radical (unpaired) electrons. The molecule has 96 valence electrons. The Kier molecular flexibility index (Phi) is 5.22. The van der Waals surface area contributed by atoms with E-state index in [1.54, 1.807) is 36.2 Å². The summed E-state index contributed by atoms with van der Waals surface area (Å²) in [6, 6.07) is 6.30. The first kappa shape index (κ1) is 14.1. The van der Waals surface area contributed by atoms with Gasteiger partial charge in [-0.25, -0.2) is 0 Å². The molecule has 1 N–H and O–H groups in total. The van der Waals surface area contributed by atoms with Crippen LogP contribution in [0.25, 0.3) is 0 Å². The molecule has 0 aliphatic carbocycles. The number of esters is 1. The van der Waals surface area contributed by atoms with Gasteiger partial charge in [-0.05, 0) is 31.2 Å². The van der Waals surface area contributed by atoms with Crippen LogP contribution in [0.1, 0.15) is 5.56 Å². The summed E-state index contributed by atoms with van der Waals surface area (Å²) in [6.07, 6.45) is 5.74. The first-order chi connectivity index (χ1) is 8.58. The van der Waals surface area contributed by atoms with E-state index in [0.717, 1.165) is 5.56 Å². The second-order valence-corrected chi connectivity index (χ2v) is 4.03. The molecule has 0 aliphatic rings. The number of hydrogen-bond acceptors (Lipinski definition) is 4. The van der Waals surface area contributed by atoms with E-state index in [4.69, 9.17) is 11.2 Å². The van der Waals surface area contributed by atoms with Gasteiger partial charge in [-0.1, -0.05) is 18.1 Å². The third kappa shape index (κ3) is 3.79. The van der Waals surface area contributed by atoms with Gasteiger partial charge < -0.3 is 9.84 Å². The Bertz CT molecular complexity index is 433. The lowest BCUT2D eigenvalue weighted by Crippen LogP contribution is -2.41. The number of ether oxygens (including phenoxy) is 1. The maximum Gasteiger partial charge on any atom is 0.323 e. The van der Waals surface area contributed by atoms with Crippen molar-refractivity contribution in [2.24, 2.45) is 0 Å². The molecule has 1 rings (SSSR count). The van der Waals surface area contributed by atoms with Crippen LogP contribution in [0.15, 0.2) is 24.3 Å². The van der Waals surface area contributed by atoms with Gasteiger partial charge in [0.05, 0.1) is 13.7 Å². The Morgan fingerprint density at radius 2 is 2.11 bits per heavy atom. The Morgan fingerprint density at radius 1 is 1.50 bits per heavy atom. The summed E-state index contributed by atoms with van der Waals surface area (Å²) in [5.41, 5.74) is 0.937. The maximum atomic E-state index is 11.7. The van der Waals surface area contributed by atoms with Crippen LogP contribution in [0.3, 0.4) is 0 Å². The number of benzene rings is 1. The molecule has 0 aliphatic heterocycles. The van der Waals surface area contributed by atoms with E-state index in [-0.39, 0.29) is 11.7 Å². The van der Waals surface area contributed by atoms with Crippen molar-refractivity contribution in [3.63, 3.8) is 0 Å². The number of hydrogen-bond donors (Lipinski definition) is 1. The Labute approximate surface area is 107 Å². The van der Waals surface area contributed by atoms with Gasteiger partial charge >= 0.3 is 5.97 Å². The molecule has 0 unspecified atom stereocenters. The van der Waals surface area contributed by atoms with Crippen molar-refractivity contribution in [1.29, 1.82) is 0 Å². The van der Waals surface area contributed by atoms with E-state index < -0.39 is 6.04 Å². The Hall–Kier alpha value is -1.99. The summed E-state index contributed by atoms with van der Waals surface area (Å²) in [7, 11) is 3.14. The second kappa shape index (κ2) is 6.67. The normalized spacial score (nSPS) is 11.9. The van der Waals surface area contributed by atoms with Crippen molar-refractivity contribution in [2.45, 2.75) is 12.5 Å². The summed E-state index contributed by atoms with van der Waals surface area (Å²) < 4.78 is 4.78. The zero-order valence-corrected chi connectivity index (χ0v) is 10.6. The highest BCUT2D eigenvalue weighted by Gasteiger charge is 2.23. The van der Waals surface area contributed by atoms with E-state index in [0.29, 0.717) is 13.0 Å². The van der Waals surface area contributed by atoms with E-state index in [1.807, 2.05) is 0 Å². The Balaban J connectivity index is 2.81. The topological polar surface area (TPSA) is 49.8 Å². The van der Waals surface area contributed by atoms with Gasteiger partial charge in [-0.15, -0.1) is 6.42 Å². The minimum Gasteiger partial charge on any atom is -0.508 e. The quantitative estimate of drug-likeness (QED) is 0.624. The lowest BCUT2D eigenvalue weighted by molar-refractivity contribution is -0.146. The number of likely N-dealkylation sites (N-methyl/N-ethyl adjacent to an activating group) is 1. The van der Waals surface area contributed by atoms with Crippen LogP contribution in [0, 0.1) is 12.3 Å². The minimum absolute atomic E-state index is 0.199. The molecule has 1 aromatic carbocycles. The molecule has 0 saturated carbocycles. The summed E-state index contributed by atoms with van der Waals surface area (Å²) in [4.78, 5) is 13.5. The van der Waals surface area contributed by atoms with Crippen molar-refractivity contribution in [3.8, 4) is 18.1 Å². The van der Waals surface area contributed by atoms with E-state index in [9.17, 15) is 9.90 Å². The van der Waals surface area contributed by atoms with E-state index >= 15 is 0 Å². The van der Waals surface area contributed by atoms with Crippen molar-refractivity contribution in [2.75, 3.05) is 20.7 Å². The third-order valence-corrected chi connectivity index (χ3v) is 2.71. The highest BCUT2D eigenvalue weighted by Crippen LogP contribution is 2.13. The number of phenolic OH excluding ortho intramolecular Hbond substituents is 1. The molecule has 0 amide bonds. The van der Waals surface area contributed by atoms with Crippen LogP contribution in [0.5, 0.6) is 5.75 Å². The number of aromatic hydroxyl groups is 1. The van der Waals surface area contributed by atoms with Gasteiger partial charge in [0.2, 0.25) is 0 Å². The molecule has 4 heteroatoms. The highest BCUT2D eigenvalue weighted by atomic mass is 16.5. The second-order valence-electron chi connectivity index (χ2n) is 4.03. The average Bonchev–Trinajstić information content (AvgIpc) is 2.37. The SMILES string of the molecule is C#CCN(C)[C@@H](Cc1ccc(O)cc1)C(=O)OC. The van der Waals surface area contributed by atoms with Crippen LogP contribution in [0.4, 0.5) is 0 Å². The number of rotatable bonds is 5. The standard InChI is InChI=1S/C14H17NO3/c1-4-9-15(2)13(14(17)18-3)10-11-5-7-12(16)8-6-11/h1,5-8,13,16H,9-10H2,2-3H3/t13-/m0/s1. The third-order valence-electron chi connectivity index (χ3n) is 2.71. The lowest BCUT2D eigenvalue weighted by Gasteiger charge is -2.24. The van der Waals surface area contributed by atoms with Crippen LogP contribution in [0.2, 0.25) is 0 Å². The number of methoxy groups -OCH3 is 1. The molecule has 18 heavy (non-hydrogen) atoms. The Morgan fingerprint density at radius 3 is 2.61 bits per heavy atom. The number of phenols is 1. The van der Waals surface area contributed by atoms with Crippen LogP contribution >= 0.6 is 0 Å². The van der Waals surface area contributed by atoms with Crippen LogP contribution in [-0.4, -0.2) is 42.7 Å². The maximum absolute atomic E-state index is 11.7. The summed E-state index contributed by atoms with van der Waals surface area (Å²) >= 11 is 0. The van der Waals surface area contributed by atoms with Gasteiger partial charge in [0.15, 0.2) is 0 Å². The molecule has 1 atom stereocenters. The molecule has 1 aromatic rings. The molecular weight excluding hydrogens is 230 g/mol. The molecule has 0 aromatic heterocycles. The van der Waals surface area contributed by atoms with E-state index in [2.05, 4.69) is 5.92 Å². The van der Waals surface area contributed by atoms with Gasteiger partial charge in [0, 0.05) is 0 Å². The number of terminal acetylenes is 1. The first-order valence-corrected chi connectivity index (χ1v) is 5.58. The highest BCUT2D eigenvalue weighted by molar-refractivity contribution is 5.76. The predicted octanol–water partition coefficient (Wildman–Crippen LogP) is 1.04. The summed E-state index contributed by atoms with van der Waals surface area (Å²) in [5.74, 6) is 2.38. The summed E-state index contributed by atoms with van der Waals surface area (Å²) in [5, 5.41) is 9.21. The molecular formula is C14H17NO3. The largest absolute Gasteiger partial charge is 0.508 e. The molecule has 4 nitrogen and oxygen atoms in total. The van der Waals surface area contributed by atoms with Crippen LogP contribution < -0.4 is 0 Å².